The zero-order valence-electron chi connectivity index (χ0n) is 10.4. The Balaban J connectivity index is 2.83. The van der Waals surface area contributed by atoms with E-state index in [1.807, 2.05) is 6.92 Å². The van der Waals surface area contributed by atoms with E-state index in [0.29, 0.717) is 12.0 Å². The number of hydrogen-bond donors (Lipinski definition) is 1. The average Bonchev–Trinajstić information content (AvgIpc) is 2.22. The second-order valence-electron chi connectivity index (χ2n) is 4.71. The van der Waals surface area contributed by atoms with Crippen molar-refractivity contribution in [2.45, 2.75) is 52.1 Å². The van der Waals surface area contributed by atoms with Crippen molar-refractivity contribution in [3.63, 3.8) is 0 Å². The zero-order chi connectivity index (χ0) is 12.2. The maximum Gasteiger partial charge on any atom is 0.129 e. The highest BCUT2D eigenvalue weighted by atomic mass is 19.1. The maximum absolute atomic E-state index is 13.6. The fourth-order valence-electron chi connectivity index (χ4n) is 1.91. The summed E-state index contributed by atoms with van der Waals surface area (Å²) in [5.74, 6) is -0.313. The van der Waals surface area contributed by atoms with Crippen molar-refractivity contribution in [3.05, 3.63) is 35.1 Å². The van der Waals surface area contributed by atoms with Crippen LogP contribution in [0.1, 0.15) is 50.7 Å². The van der Waals surface area contributed by atoms with Crippen molar-refractivity contribution in [1.29, 1.82) is 0 Å². The lowest BCUT2D eigenvalue weighted by Crippen LogP contribution is -2.22. The summed E-state index contributed by atoms with van der Waals surface area (Å²) in [6.45, 7) is 5.72. The summed E-state index contributed by atoms with van der Waals surface area (Å²) in [6, 6.07) is 4.89. The van der Waals surface area contributed by atoms with Crippen LogP contribution in [0.3, 0.4) is 0 Å². The molecule has 16 heavy (non-hydrogen) atoms. The van der Waals surface area contributed by atoms with Crippen molar-refractivity contribution in [2.75, 3.05) is 0 Å². The number of aliphatic hydroxyl groups is 1. The van der Waals surface area contributed by atoms with E-state index in [9.17, 15) is 9.50 Å². The summed E-state index contributed by atoms with van der Waals surface area (Å²) < 4.78 is 13.6. The summed E-state index contributed by atoms with van der Waals surface area (Å²) in [5, 5.41) is 10.3. The molecule has 0 aliphatic rings. The van der Waals surface area contributed by atoms with E-state index in [1.165, 1.54) is 6.07 Å². The highest BCUT2D eigenvalue weighted by molar-refractivity contribution is 5.28. The molecule has 0 heterocycles. The van der Waals surface area contributed by atoms with E-state index in [0.717, 1.165) is 24.8 Å². The van der Waals surface area contributed by atoms with Gasteiger partial charge in [-0.3, -0.25) is 0 Å². The van der Waals surface area contributed by atoms with Crippen molar-refractivity contribution in [1.82, 2.24) is 0 Å². The molecule has 1 nitrogen and oxygen atoms in total. The Morgan fingerprint density at radius 2 is 2.00 bits per heavy atom. The lowest BCUT2D eigenvalue weighted by Gasteiger charge is -2.24. The molecule has 1 N–H and O–H groups in total. The Hall–Kier alpha value is -0.890. The number of unbranched alkanes of at least 4 members (excludes halogenated alkanes) is 2. The van der Waals surface area contributed by atoms with Gasteiger partial charge in [0.15, 0.2) is 0 Å². The second kappa shape index (κ2) is 5.44. The molecular weight excluding hydrogens is 203 g/mol. The molecule has 1 atom stereocenters. The number of rotatable bonds is 5. The van der Waals surface area contributed by atoms with Gasteiger partial charge in [0.1, 0.15) is 5.82 Å². The van der Waals surface area contributed by atoms with Crippen LogP contribution < -0.4 is 0 Å². The average molecular weight is 224 g/mol. The molecular formula is C14H21FO. The standard InChI is InChI=1S/C14H21FO/c1-4-5-6-9-14(3,16)12-10-11(2)7-8-13(12)15/h7-8,10,16H,4-6,9H2,1-3H3. The van der Waals surface area contributed by atoms with Gasteiger partial charge in [-0.05, 0) is 26.3 Å². The molecule has 1 aromatic carbocycles. The van der Waals surface area contributed by atoms with E-state index in [-0.39, 0.29) is 5.82 Å². The first kappa shape index (κ1) is 13.2. The Morgan fingerprint density at radius 3 is 2.62 bits per heavy atom. The molecule has 0 saturated carbocycles. The van der Waals surface area contributed by atoms with E-state index in [1.54, 1.807) is 19.1 Å². The van der Waals surface area contributed by atoms with Crippen molar-refractivity contribution in [3.8, 4) is 0 Å². The van der Waals surface area contributed by atoms with Crippen molar-refractivity contribution in [2.24, 2.45) is 0 Å². The quantitative estimate of drug-likeness (QED) is 0.751. The smallest absolute Gasteiger partial charge is 0.129 e. The maximum atomic E-state index is 13.6. The Morgan fingerprint density at radius 1 is 1.31 bits per heavy atom. The largest absolute Gasteiger partial charge is 0.385 e. The van der Waals surface area contributed by atoms with Crippen LogP contribution >= 0.6 is 0 Å². The fourth-order valence-corrected chi connectivity index (χ4v) is 1.91. The molecule has 1 aromatic rings. The first-order valence-electron chi connectivity index (χ1n) is 5.96. The van der Waals surface area contributed by atoms with Gasteiger partial charge >= 0.3 is 0 Å². The predicted molar refractivity (Wildman–Crippen MR) is 64.8 cm³/mol. The number of aryl methyl sites for hydroxylation is 1. The highest BCUT2D eigenvalue weighted by Crippen LogP contribution is 2.29. The van der Waals surface area contributed by atoms with Gasteiger partial charge in [-0.1, -0.05) is 43.9 Å². The van der Waals surface area contributed by atoms with Gasteiger partial charge in [-0.15, -0.1) is 0 Å². The van der Waals surface area contributed by atoms with E-state index in [2.05, 4.69) is 6.92 Å². The second-order valence-corrected chi connectivity index (χ2v) is 4.71. The van der Waals surface area contributed by atoms with E-state index >= 15 is 0 Å². The van der Waals surface area contributed by atoms with Crippen LogP contribution in [0.2, 0.25) is 0 Å². The van der Waals surface area contributed by atoms with Crippen LogP contribution in [0.5, 0.6) is 0 Å². The minimum Gasteiger partial charge on any atom is -0.385 e. The van der Waals surface area contributed by atoms with Crippen LogP contribution in [0, 0.1) is 12.7 Å². The van der Waals surface area contributed by atoms with Gasteiger partial charge in [0, 0.05) is 5.56 Å². The molecule has 0 aliphatic carbocycles. The van der Waals surface area contributed by atoms with E-state index in [4.69, 9.17) is 0 Å². The van der Waals surface area contributed by atoms with Crippen LogP contribution in [0.25, 0.3) is 0 Å². The van der Waals surface area contributed by atoms with Crippen LogP contribution in [-0.2, 0) is 5.60 Å². The molecule has 90 valence electrons. The zero-order valence-corrected chi connectivity index (χ0v) is 10.4. The van der Waals surface area contributed by atoms with E-state index < -0.39 is 5.60 Å². The predicted octanol–water partition coefficient (Wildman–Crippen LogP) is 3.92. The van der Waals surface area contributed by atoms with Gasteiger partial charge < -0.3 is 5.11 Å². The summed E-state index contributed by atoms with van der Waals surface area (Å²) >= 11 is 0. The topological polar surface area (TPSA) is 20.2 Å². The fraction of sp³-hybridized carbons (Fsp3) is 0.571. The molecule has 0 aromatic heterocycles. The lowest BCUT2D eigenvalue weighted by molar-refractivity contribution is 0.0413. The normalized spacial score (nSPS) is 14.8. The number of benzene rings is 1. The first-order chi connectivity index (χ1) is 7.47. The molecule has 0 saturated heterocycles. The van der Waals surface area contributed by atoms with Crippen molar-refractivity contribution < 1.29 is 9.50 Å². The molecule has 0 bridgehead atoms. The van der Waals surface area contributed by atoms with Crippen LogP contribution in [0.4, 0.5) is 4.39 Å². The molecule has 0 amide bonds. The minimum atomic E-state index is -1.05. The molecule has 1 rings (SSSR count). The third kappa shape index (κ3) is 3.31. The molecule has 0 aliphatic heterocycles. The third-order valence-corrected chi connectivity index (χ3v) is 2.97. The lowest BCUT2D eigenvalue weighted by atomic mass is 9.89. The molecule has 0 radical (unpaired) electrons. The summed E-state index contributed by atoms with van der Waals surface area (Å²) in [6.07, 6.45) is 3.72. The molecule has 0 fully saturated rings. The Bertz CT molecular complexity index is 345. The van der Waals surface area contributed by atoms with Gasteiger partial charge in [-0.25, -0.2) is 4.39 Å². The minimum absolute atomic E-state index is 0.313. The van der Waals surface area contributed by atoms with Gasteiger partial charge in [-0.2, -0.15) is 0 Å². The number of hydrogen-bond acceptors (Lipinski definition) is 1. The molecule has 0 spiro atoms. The molecule has 1 unspecified atom stereocenters. The number of halogens is 1. The van der Waals surface area contributed by atoms with Crippen LogP contribution in [0.15, 0.2) is 18.2 Å². The Kier molecular flexibility index (Phi) is 4.48. The van der Waals surface area contributed by atoms with Gasteiger partial charge in [0.05, 0.1) is 5.60 Å². The summed E-state index contributed by atoms with van der Waals surface area (Å²) in [7, 11) is 0. The van der Waals surface area contributed by atoms with Gasteiger partial charge in [0.25, 0.3) is 0 Å². The summed E-state index contributed by atoms with van der Waals surface area (Å²) in [5.41, 5.74) is 0.349. The Labute approximate surface area is 97.3 Å². The monoisotopic (exact) mass is 224 g/mol. The van der Waals surface area contributed by atoms with Crippen molar-refractivity contribution >= 4 is 0 Å². The molecule has 2 heteroatoms. The van der Waals surface area contributed by atoms with Crippen LogP contribution in [-0.4, -0.2) is 5.11 Å². The van der Waals surface area contributed by atoms with Gasteiger partial charge in [0.2, 0.25) is 0 Å². The first-order valence-corrected chi connectivity index (χ1v) is 5.96. The SMILES string of the molecule is CCCCCC(C)(O)c1cc(C)ccc1F. The highest BCUT2D eigenvalue weighted by Gasteiger charge is 2.25. The third-order valence-electron chi connectivity index (χ3n) is 2.97. The summed E-state index contributed by atoms with van der Waals surface area (Å²) in [4.78, 5) is 0.